The molecule has 0 saturated carbocycles. The van der Waals surface area contributed by atoms with Crippen LogP contribution in [0.25, 0.3) is 11.4 Å². The molecule has 3 heterocycles. The van der Waals surface area contributed by atoms with Crippen molar-refractivity contribution in [1.29, 1.82) is 5.26 Å². The fourth-order valence-electron chi connectivity index (χ4n) is 2.68. The summed E-state index contributed by atoms with van der Waals surface area (Å²) in [4.78, 5) is 7.65. The summed E-state index contributed by atoms with van der Waals surface area (Å²) in [5.41, 5.74) is -0.585. The molecule has 5 nitrogen and oxygen atoms in total. The Labute approximate surface area is 130 Å². The van der Waals surface area contributed by atoms with Crippen molar-refractivity contribution in [3.63, 3.8) is 0 Å². The third kappa shape index (κ3) is 3.36. The van der Waals surface area contributed by atoms with E-state index in [1.54, 1.807) is 0 Å². The number of alkyl halides is 3. The highest BCUT2D eigenvalue weighted by atomic mass is 19.4. The molecule has 0 atom stereocenters. The van der Waals surface area contributed by atoms with Crippen LogP contribution >= 0.6 is 0 Å². The van der Waals surface area contributed by atoms with E-state index in [1.807, 2.05) is 0 Å². The maximum atomic E-state index is 12.5. The average molecular weight is 320 g/mol. The molecule has 0 spiro atoms. The van der Waals surface area contributed by atoms with Gasteiger partial charge in [-0.15, -0.1) is 0 Å². The number of aromatic nitrogens is 3. The summed E-state index contributed by atoms with van der Waals surface area (Å²) in [6.45, 7) is 0.0766. The molecule has 1 fully saturated rings. The van der Waals surface area contributed by atoms with Gasteiger partial charge in [-0.3, -0.25) is 4.98 Å². The number of pyridine rings is 1. The molecular formula is C14H12BF3N4O. The first kappa shape index (κ1) is 15.5. The third-order valence-corrected chi connectivity index (χ3v) is 4.01. The minimum absolute atomic E-state index is 0.0766. The van der Waals surface area contributed by atoms with Gasteiger partial charge in [-0.2, -0.15) is 18.2 Å². The summed E-state index contributed by atoms with van der Waals surface area (Å²) < 4.78 is 42.7. The van der Waals surface area contributed by atoms with Gasteiger partial charge >= 0.3 is 6.18 Å². The standard InChI is InChI=1S/C14H12BF3N4O/c16-14(17,18)11-2-1-10(7-20-11)12-21-13(23-22-12)9-3-5-15(8-19)6-4-9/h1-2,7,9H,3-6H2. The lowest BCUT2D eigenvalue weighted by atomic mass is 9.42. The zero-order chi connectivity index (χ0) is 16.4. The quantitative estimate of drug-likeness (QED) is 0.791. The van der Waals surface area contributed by atoms with Gasteiger partial charge in [0.25, 0.3) is 6.71 Å². The van der Waals surface area contributed by atoms with Crippen molar-refractivity contribution in [3.05, 3.63) is 29.9 Å². The maximum absolute atomic E-state index is 12.5. The number of nitrogens with zero attached hydrogens (tertiary/aromatic N) is 4. The SMILES string of the molecule is N#CB1CCC(c2nc(-c3ccc(C(F)(F)F)nc3)no2)CC1. The van der Waals surface area contributed by atoms with E-state index in [1.165, 1.54) is 6.07 Å². The number of rotatable bonds is 2. The van der Waals surface area contributed by atoms with Gasteiger partial charge in [0.05, 0.1) is 0 Å². The first-order chi connectivity index (χ1) is 11.0. The Bertz CT molecular complexity index is 715. The Morgan fingerprint density at radius 2 is 2.00 bits per heavy atom. The lowest BCUT2D eigenvalue weighted by Gasteiger charge is -2.19. The Kier molecular flexibility index (Phi) is 4.07. The van der Waals surface area contributed by atoms with Crippen LogP contribution in [0.15, 0.2) is 22.9 Å². The second-order valence-electron chi connectivity index (χ2n) is 5.56. The molecule has 0 unspecified atom stereocenters. The van der Waals surface area contributed by atoms with Crippen LogP contribution in [0.4, 0.5) is 13.2 Å². The number of hydrogen-bond donors (Lipinski definition) is 0. The first-order valence-corrected chi connectivity index (χ1v) is 7.24. The zero-order valence-corrected chi connectivity index (χ0v) is 12.0. The molecule has 1 aliphatic heterocycles. The van der Waals surface area contributed by atoms with Gasteiger partial charge in [0.2, 0.25) is 11.7 Å². The van der Waals surface area contributed by atoms with Gasteiger partial charge < -0.3 is 4.52 Å². The number of hydrogen-bond acceptors (Lipinski definition) is 5. The van der Waals surface area contributed by atoms with E-state index in [-0.39, 0.29) is 18.5 Å². The molecule has 1 aliphatic rings. The van der Waals surface area contributed by atoms with E-state index >= 15 is 0 Å². The maximum Gasteiger partial charge on any atom is 0.433 e. The smallest absolute Gasteiger partial charge is 0.339 e. The van der Waals surface area contributed by atoms with E-state index in [0.29, 0.717) is 11.5 Å². The van der Waals surface area contributed by atoms with Gasteiger partial charge in [0.1, 0.15) is 5.69 Å². The van der Waals surface area contributed by atoms with Crippen LogP contribution in [0.2, 0.25) is 12.6 Å². The van der Waals surface area contributed by atoms with Crippen LogP contribution in [0.1, 0.15) is 30.3 Å². The molecule has 0 aliphatic carbocycles. The van der Waals surface area contributed by atoms with Crippen LogP contribution in [-0.4, -0.2) is 21.8 Å². The molecule has 23 heavy (non-hydrogen) atoms. The molecule has 0 aromatic carbocycles. The minimum atomic E-state index is -4.47. The third-order valence-electron chi connectivity index (χ3n) is 4.01. The monoisotopic (exact) mass is 320 g/mol. The molecular weight excluding hydrogens is 308 g/mol. The molecule has 2 aromatic rings. The van der Waals surface area contributed by atoms with Crippen LogP contribution in [0.5, 0.6) is 0 Å². The summed E-state index contributed by atoms with van der Waals surface area (Å²) in [5.74, 6) is 3.05. The van der Waals surface area contributed by atoms with Crippen LogP contribution in [0, 0.1) is 11.2 Å². The predicted molar refractivity (Wildman–Crippen MR) is 75.5 cm³/mol. The van der Waals surface area contributed by atoms with E-state index in [4.69, 9.17) is 9.78 Å². The van der Waals surface area contributed by atoms with Crippen molar-refractivity contribution >= 4 is 6.71 Å². The highest BCUT2D eigenvalue weighted by Gasteiger charge is 2.32. The summed E-state index contributed by atoms with van der Waals surface area (Å²) in [7, 11) is 0. The average Bonchev–Trinajstić information content (AvgIpc) is 3.04. The molecule has 0 N–H and O–H groups in total. The topological polar surface area (TPSA) is 75.6 Å². The highest BCUT2D eigenvalue weighted by Crippen LogP contribution is 2.33. The lowest BCUT2D eigenvalue weighted by molar-refractivity contribution is -0.141. The van der Waals surface area contributed by atoms with Crippen LogP contribution in [0.3, 0.4) is 0 Å². The Hall–Kier alpha value is -2.37. The van der Waals surface area contributed by atoms with E-state index < -0.39 is 11.9 Å². The number of nitriles is 1. The van der Waals surface area contributed by atoms with Gasteiger partial charge in [-0.1, -0.05) is 17.8 Å². The van der Waals surface area contributed by atoms with Crippen molar-refractivity contribution in [2.75, 3.05) is 0 Å². The second kappa shape index (κ2) is 6.03. The molecule has 2 aromatic heterocycles. The molecule has 0 amide bonds. The molecule has 1 saturated heterocycles. The van der Waals surface area contributed by atoms with Crippen molar-refractivity contribution in [2.45, 2.75) is 37.6 Å². The second-order valence-corrected chi connectivity index (χ2v) is 5.56. The molecule has 118 valence electrons. The largest absolute Gasteiger partial charge is 0.433 e. The summed E-state index contributed by atoms with van der Waals surface area (Å²) in [6.07, 6.45) is -0.206. The van der Waals surface area contributed by atoms with Crippen LogP contribution in [-0.2, 0) is 6.18 Å². The molecule has 3 rings (SSSR count). The Morgan fingerprint density at radius 3 is 2.57 bits per heavy atom. The Balaban J connectivity index is 1.73. The van der Waals surface area contributed by atoms with Gasteiger partial charge in [-0.25, -0.2) is 5.26 Å². The highest BCUT2D eigenvalue weighted by molar-refractivity contribution is 6.67. The Morgan fingerprint density at radius 1 is 1.26 bits per heavy atom. The van der Waals surface area contributed by atoms with Crippen molar-refractivity contribution in [2.24, 2.45) is 0 Å². The van der Waals surface area contributed by atoms with Gasteiger partial charge in [0.15, 0.2) is 0 Å². The molecule has 9 heteroatoms. The van der Waals surface area contributed by atoms with Gasteiger partial charge in [-0.05, 0) is 25.0 Å². The van der Waals surface area contributed by atoms with E-state index in [2.05, 4.69) is 21.1 Å². The normalized spacial score (nSPS) is 16.3. The van der Waals surface area contributed by atoms with Crippen molar-refractivity contribution in [1.82, 2.24) is 15.1 Å². The first-order valence-electron chi connectivity index (χ1n) is 7.24. The number of halogens is 3. The summed E-state index contributed by atoms with van der Waals surface area (Å²) in [6, 6.07) is 2.17. The molecule has 0 radical (unpaired) electrons. The lowest BCUT2D eigenvalue weighted by Crippen LogP contribution is -2.19. The minimum Gasteiger partial charge on any atom is -0.339 e. The van der Waals surface area contributed by atoms with E-state index in [0.717, 1.165) is 37.7 Å². The fraction of sp³-hybridized carbons (Fsp3) is 0.429. The summed E-state index contributed by atoms with van der Waals surface area (Å²) >= 11 is 0. The van der Waals surface area contributed by atoms with Crippen molar-refractivity contribution in [3.8, 4) is 17.4 Å². The predicted octanol–water partition coefficient (Wildman–Crippen LogP) is 3.59. The van der Waals surface area contributed by atoms with Gasteiger partial charge in [0, 0.05) is 23.6 Å². The summed E-state index contributed by atoms with van der Waals surface area (Å²) in [5, 5.41) is 12.7. The molecule has 0 bridgehead atoms. The van der Waals surface area contributed by atoms with E-state index in [9.17, 15) is 13.2 Å². The fourth-order valence-corrected chi connectivity index (χ4v) is 2.68. The van der Waals surface area contributed by atoms with Crippen molar-refractivity contribution < 1.29 is 17.7 Å². The zero-order valence-electron chi connectivity index (χ0n) is 12.0. The van der Waals surface area contributed by atoms with Crippen LogP contribution < -0.4 is 0 Å².